The van der Waals surface area contributed by atoms with Crippen LogP contribution in [-0.2, 0) is 10.0 Å². The van der Waals surface area contributed by atoms with Crippen LogP contribution in [0.1, 0.15) is 36.9 Å². The second kappa shape index (κ2) is 6.76. The summed E-state index contributed by atoms with van der Waals surface area (Å²) < 4.78 is 26.0. The van der Waals surface area contributed by atoms with Crippen molar-refractivity contribution in [3.63, 3.8) is 0 Å². The molecular formula is C15H19N3O3S2. The SMILES string of the molecule is CC(C)(C)CCS(=O)(=O)NC(=O)c1cnc(-c2ccccn2)s1. The molecule has 2 aromatic heterocycles. The van der Waals surface area contributed by atoms with Gasteiger partial charge in [-0.2, -0.15) is 0 Å². The fourth-order valence-electron chi connectivity index (χ4n) is 1.67. The number of nitrogens with one attached hydrogen (secondary N) is 1. The molecule has 1 N–H and O–H groups in total. The van der Waals surface area contributed by atoms with Crippen LogP contribution in [0.25, 0.3) is 10.7 Å². The Kier molecular flexibility index (Phi) is 5.16. The molecule has 0 aliphatic rings. The minimum absolute atomic E-state index is 0.0891. The van der Waals surface area contributed by atoms with Crippen LogP contribution in [0.4, 0.5) is 0 Å². The first-order valence-electron chi connectivity index (χ1n) is 7.08. The van der Waals surface area contributed by atoms with E-state index in [1.165, 1.54) is 6.20 Å². The van der Waals surface area contributed by atoms with Gasteiger partial charge in [0.2, 0.25) is 10.0 Å². The quantitative estimate of drug-likeness (QED) is 0.893. The zero-order valence-corrected chi connectivity index (χ0v) is 14.9. The van der Waals surface area contributed by atoms with Crippen LogP contribution in [0.5, 0.6) is 0 Å². The van der Waals surface area contributed by atoms with Gasteiger partial charge < -0.3 is 0 Å². The zero-order valence-electron chi connectivity index (χ0n) is 13.2. The topological polar surface area (TPSA) is 89.0 Å². The second-order valence-corrected chi connectivity index (χ2v) is 9.18. The zero-order chi connectivity index (χ0) is 17.1. The van der Waals surface area contributed by atoms with Crippen molar-refractivity contribution >= 4 is 27.3 Å². The summed E-state index contributed by atoms with van der Waals surface area (Å²) in [5.41, 5.74) is 0.529. The van der Waals surface area contributed by atoms with Crippen molar-refractivity contribution in [2.45, 2.75) is 27.2 Å². The van der Waals surface area contributed by atoms with Gasteiger partial charge in [-0.3, -0.25) is 9.78 Å². The van der Waals surface area contributed by atoms with Crippen LogP contribution < -0.4 is 4.72 Å². The normalized spacial score (nSPS) is 12.1. The van der Waals surface area contributed by atoms with Crippen LogP contribution in [0.15, 0.2) is 30.6 Å². The van der Waals surface area contributed by atoms with Gasteiger partial charge in [0.15, 0.2) is 0 Å². The molecule has 0 aromatic carbocycles. The standard InChI is InChI=1S/C15H19N3O3S2/c1-15(2,3)7-9-23(20,21)18-13(19)12-10-17-14(22-12)11-6-4-5-8-16-11/h4-6,8,10H,7,9H2,1-3H3,(H,18,19). The Morgan fingerprint density at radius 2 is 2.00 bits per heavy atom. The molecule has 0 fully saturated rings. The molecule has 0 atom stereocenters. The Bertz CT molecular complexity index is 778. The lowest BCUT2D eigenvalue weighted by Crippen LogP contribution is -2.33. The number of carbonyl (C=O) groups is 1. The number of hydrogen-bond acceptors (Lipinski definition) is 6. The van der Waals surface area contributed by atoms with Gasteiger partial charge in [0, 0.05) is 6.20 Å². The fourth-order valence-corrected chi connectivity index (χ4v) is 3.90. The van der Waals surface area contributed by atoms with Crippen molar-refractivity contribution < 1.29 is 13.2 Å². The van der Waals surface area contributed by atoms with Gasteiger partial charge in [0.25, 0.3) is 5.91 Å². The molecule has 0 bridgehead atoms. The molecule has 2 aromatic rings. The lowest BCUT2D eigenvalue weighted by atomic mass is 9.94. The number of pyridine rings is 1. The summed E-state index contributed by atoms with van der Waals surface area (Å²) in [6.07, 6.45) is 3.47. The number of thiazole rings is 1. The molecule has 0 unspecified atom stereocenters. The van der Waals surface area contributed by atoms with Crippen molar-refractivity contribution in [3.8, 4) is 10.7 Å². The third-order valence-electron chi connectivity index (χ3n) is 2.98. The maximum absolute atomic E-state index is 12.1. The van der Waals surface area contributed by atoms with Crippen LogP contribution in [-0.4, -0.2) is 30.0 Å². The molecule has 2 heterocycles. The molecule has 1 amide bonds. The average molecular weight is 353 g/mol. The molecule has 0 saturated heterocycles. The summed E-state index contributed by atoms with van der Waals surface area (Å²) in [7, 11) is -3.65. The third kappa shape index (κ3) is 5.40. The van der Waals surface area contributed by atoms with E-state index in [1.54, 1.807) is 18.3 Å². The van der Waals surface area contributed by atoms with E-state index in [-0.39, 0.29) is 16.0 Å². The molecule has 6 nitrogen and oxygen atoms in total. The Labute approximate surface area is 140 Å². The molecule has 0 radical (unpaired) electrons. The molecule has 0 spiro atoms. The van der Waals surface area contributed by atoms with Gasteiger partial charge in [0.05, 0.1) is 17.6 Å². The van der Waals surface area contributed by atoms with Crippen LogP contribution >= 0.6 is 11.3 Å². The number of rotatable bonds is 5. The first-order chi connectivity index (χ1) is 10.7. The molecule has 8 heteroatoms. The van der Waals surface area contributed by atoms with E-state index >= 15 is 0 Å². The van der Waals surface area contributed by atoms with Gasteiger partial charge in [-0.05, 0) is 24.0 Å². The van der Waals surface area contributed by atoms with Gasteiger partial charge in [0.1, 0.15) is 9.88 Å². The van der Waals surface area contributed by atoms with Crippen LogP contribution in [0, 0.1) is 5.41 Å². The van der Waals surface area contributed by atoms with Crippen molar-refractivity contribution in [2.24, 2.45) is 5.41 Å². The van der Waals surface area contributed by atoms with E-state index in [9.17, 15) is 13.2 Å². The van der Waals surface area contributed by atoms with Crippen molar-refractivity contribution in [1.29, 1.82) is 0 Å². The summed E-state index contributed by atoms with van der Waals surface area (Å²) in [4.78, 5) is 20.6. The van der Waals surface area contributed by atoms with Crippen molar-refractivity contribution in [2.75, 3.05) is 5.75 Å². The first kappa shape index (κ1) is 17.6. The lowest BCUT2D eigenvalue weighted by molar-refractivity contribution is 0.0985. The predicted octanol–water partition coefficient (Wildman–Crippen LogP) is 2.70. The van der Waals surface area contributed by atoms with Crippen LogP contribution in [0.2, 0.25) is 0 Å². The molecule has 23 heavy (non-hydrogen) atoms. The smallest absolute Gasteiger partial charge is 0.267 e. The lowest BCUT2D eigenvalue weighted by Gasteiger charge is -2.17. The largest absolute Gasteiger partial charge is 0.276 e. The van der Waals surface area contributed by atoms with E-state index in [4.69, 9.17) is 0 Å². The third-order valence-corrected chi connectivity index (χ3v) is 5.24. The molecular weight excluding hydrogens is 334 g/mol. The van der Waals surface area contributed by atoms with Gasteiger partial charge in [-0.1, -0.05) is 26.8 Å². The Hall–Kier alpha value is -1.80. The fraction of sp³-hybridized carbons (Fsp3) is 0.400. The Balaban J connectivity index is 2.06. The Morgan fingerprint density at radius 3 is 2.61 bits per heavy atom. The highest BCUT2D eigenvalue weighted by Gasteiger charge is 2.21. The predicted molar refractivity (Wildman–Crippen MR) is 90.7 cm³/mol. The summed E-state index contributed by atoms with van der Waals surface area (Å²) >= 11 is 1.11. The summed E-state index contributed by atoms with van der Waals surface area (Å²) in [5.74, 6) is -0.743. The van der Waals surface area contributed by atoms with E-state index < -0.39 is 15.9 Å². The summed E-state index contributed by atoms with van der Waals surface area (Å²) in [6.45, 7) is 5.85. The molecule has 124 valence electrons. The number of nitrogens with zero attached hydrogens (tertiary/aromatic N) is 2. The number of hydrogen-bond donors (Lipinski definition) is 1. The minimum atomic E-state index is -3.65. The highest BCUT2D eigenvalue weighted by molar-refractivity contribution is 7.90. The van der Waals surface area contributed by atoms with Gasteiger partial charge in [-0.15, -0.1) is 11.3 Å². The number of sulfonamides is 1. The second-order valence-electron chi connectivity index (χ2n) is 6.31. The van der Waals surface area contributed by atoms with E-state index in [0.717, 1.165) is 11.3 Å². The summed E-state index contributed by atoms with van der Waals surface area (Å²) in [6, 6.07) is 5.38. The number of aromatic nitrogens is 2. The summed E-state index contributed by atoms with van der Waals surface area (Å²) in [5, 5.41) is 0.572. The van der Waals surface area contributed by atoms with Crippen molar-refractivity contribution in [3.05, 3.63) is 35.5 Å². The number of amides is 1. The van der Waals surface area contributed by atoms with Crippen molar-refractivity contribution in [1.82, 2.24) is 14.7 Å². The number of carbonyl (C=O) groups excluding carboxylic acids is 1. The first-order valence-corrected chi connectivity index (χ1v) is 9.55. The monoisotopic (exact) mass is 353 g/mol. The van der Waals surface area contributed by atoms with E-state index in [2.05, 4.69) is 14.7 Å². The minimum Gasteiger partial charge on any atom is -0.267 e. The Morgan fingerprint density at radius 1 is 1.26 bits per heavy atom. The maximum atomic E-state index is 12.1. The van der Waals surface area contributed by atoms with Gasteiger partial charge in [-0.25, -0.2) is 18.1 Å². The van der Waals surface area contributed by atoms with E-state index in [0.29, 0.717) is 17.1 Å². The highest BCUT2D eigenvalue weighted by atomic mass is 32.2. The van der Waals surface area contributed by atoms with Crippen LogP contribution in [0.3, 0.4) is 0 Å². The average Bonchev–Trinajstić information content (AvgIpc) is 2.95. The van der Waals surface area contributed by atoms with E-state index in [1.807, 2.05) is 26.8 Å². The maximum Gasteiger partial charge on any atom is 0.276 e. The molecule has 0 aliphatic heterocycles. The molecule has 0 aliphatic carbocycles. The molecule has 0 saturated carbocycles. The highest BCUT2D eigenvalue weighted by Crippen LogP contribution is 2.23. The van der Waals surface area contributed by atoms with Gasteiger partial charge >= 0.3 is 0 Å². The molecule has 2 rings (SSSR count).